The summed E-state index contributed by atoms with van der Waals surface area (Å²) in [6.45, 7) is 16.6. The predicted octanol–water partition coefficient (Wildman–Crippen LogP) is 6.37. The lowest BCUT2D eigenvalue weighted by Crippen LogP contribution is -2.46. The lowest BCUT2D eigenvalue weighted by molar-refractivity contribution is -0.152. The molecule has 1 aliphatic heterocycles. The number of halogens is 2. The van der Waals surface area contributed by atoms with E-state index in [0.29, 0.717) is 23.1 Å². The van der Waals surface area contributed by atoms with Crippen LogP contribution in [0.5, 0.6) is 0 Å². The molecule has 0 saturated carbocycles. The first kappa shape index (κ1) is 32.7. The molecule has 39 heavy (non-hydrogen) atoms. The van der Waals surface area contributed by atoms with Crippen LogP contribution in [0.2, 0.25) is 10.0 Å². The third-order valence-corrected chi connectivity index (χ3v) is 7.23. The van der Waals surface area contributed by atoms with Gasteiger partial charge in [0.2, 0.25) is 5.91 Å². The first-order valence-electron chi connectivity index (χ1n) is 13.6. The average Bonchev–Trinajstić information content (AvgIpc) is 2.90. The Kier molecular flexibility index (Phi) is 14.5. The maximum absolute atomic E-state index is 12.2. The highest BCUT2D eigenvalue weighted by atomic mass is 35.5. The minimum atomic E-state index is -0.626. The summed E-state index contributed by atoms with van der Waals surface area (Å²) in [7, 11) is 0. The summed E-state index contributed by atoms with van der Waals surface area (Å²) in [5.41, 5.74) is 1.83. The summed E-state index contributed by atoms with van der Waals surface area (Å²) >= 11 is 12.6. The van der Waals surface area contributed by atoms with Gasteiger partial charge in [-0.1, -0.05) is 61.3 Å². The molecule has 9 heteroatoms. The van der Waals surface area contributed by atoms with Crippen LogP contribution in [0.1, 0.15) is 53.4 Å². The maximum Gasteiger partial charge on any atom is 0.304 e. The van der Waals surface area contributed by atoms with E-state index in [9.17, 15) is 9.59 Å². The molecule has 1 heterocycles. The number of piperazine rings is 1. The number of amides is 1. The topological polar surface area (TPSA) is 71.1 Å². The molecule has 0 aromatic heterocycles. The molecule has 1 amide bonds. The van der Waals surface area contributed by atoms with E-state index in [1.54, 1.807) is 0 Å². The molecule has 1 unspecified atom stereocenters. The molecule has 1 aliphatic rings. The molecule has 0 bridgehead atoms. The highest BCUT2D eigenvalue weighted by Gasteiger charge is 2.20. The van der Waals surface area contributed by atoms with Crippen LogP contribution in [0, 0.1) is 5.92 Å². The number of carbonyl (C=O) groups excluding carboxylic acids is 2. The number of rotatable bonds is 15. The summed E-state index contributed by atoms with van der Waals surface area (Å²) in [5, 5.41) is 3.98. The molecular formula is C30H43Cl2N3O4. The molecule has 2 rings (SSSR count). The number of benzene rings is 1. The van der Waals surface area contributed by atoms with E-state index in [1.165, 1.54) is 6.92 Å². The van der Waals surface area contributed by atoms with Gasteiger partial charge in [0.05, 0.1) is 22.3 Å². The second-order valence-corrected chi connectivity index (χ2v) is 10.8. The number of carbonyl (C=O) groups is 2. The highest BCUT2D eigenvalue weighted by molar-refractivity contribution is 6.43. The van der Waals surface area contributed by atoms with Gasteiger partial charge >= 0.3 is 5.97 Å². The van der Waals surface area contributed by atoms with Crippen molar-refractivity contribution in [3.8, 4) is 0 Å². The van der Waals surface area contributed by atoms with Crippen molar-refractivity contribution in [3.63, 3.8) is 0 Å². The van der Waals surface area contributed by atoms with Gasteiger partial charge in [-0.25, -0.2) is 0 Å². The fourth-order valence-electron chi connectivity index (χ4n) is 4.10. The summed E-state index contributed by atoms with van der Waals surface area (Å²) < 4.78 is 11.1. The Morgan fingerprint density at radius 1 is 1.10 bits per heavy atom. The van der Waals surface area contributed by atoms with Gasteiger partial charge in [-0.3, -0.25) is 14.5 Å². The standard InChI is InChI=1S/C30H43Cl2N3O4/c1-6-25(14-12-23(4)13-15-28(37)33-30(22(2)3)39-24(5)36)38-21-8-7-16-34-17-19-35(20-18-34)27-11-9-10-26(31)29(27)32/h6,9-12,14,22,30H,4,7-8,13,15-21H2,1-3,5H3,(H,33,37)/b14-12-,25-6+. The maximum atomic E-state index is 12.2. The van der Waals surface area contributed by atoms with Gasteiger partial charge in [0.15, 0.2) is 6.23 Å². The number of hydrogen-bond donors (Lipinski definition) is 1. The third kappa shape index (κ3) is 12.1. The predicted molar refractivity (Wildman–Crippen MR) is 160 cm³/mol. The van der Waals surface area contributed by atoms with Crippen molar-refractivity contribution in [2.24, 2.45) is 5.92 Å². The minimum absolute atomic E-state index is 0.0140. The number of esters is 1. The number of nitrogens with one attached hydrogen (secondary N) is 1. The van der Waals surface area contributed by atoms with Crippen LogP contribution in [-0.2, 0) is 19.1 Å². The van der Waals surface area contributed by atoms with E-state index in [4.69, 9.17) is 32.7 Å². The Morgan fingerprint density at radius 3 is 2.46 bits per heavy atom. The second kappa shape index (κ2) is 17.3. The number of ether oxygens (including phenoxy) is 2. The monoisotopic (exact) mass is 579 g/mol. The van der Waals surface area contributed by atoms with Crippen molar-refractivity contribution < 1.29 is 19.1 Å². The normalized spacial score (nSPS) is 15.5. The molecule has 1 aromatic rings. The van der Waals surface area contributed by atoms with Gasteiger partial charge in [-0.05, 0) is 57.0 Å². The largest absolute Gasteiger partial charge is 0.494 e. The molecule has 1 aromatic carbocycles. The molecule has 1 atom stereocenters. The Labute approximate surface area is 243 Å². The molecule has 7 nitrogen and oxygen atoms in total. The smallest absolute Gasteiger partial charge is 0.304 e. The van der Waals surface area contributed by atoms with E-state index in [1.807, 2.05) is 57.2 Å². The molecule has 216 valence electrons. The molecule has 1 N–H and O–H groups in total. The highest BCUT2D eigenvalue weighted by Crippen LogP contribution is 2.32. The zero-order valence-corrected chi connectivity index (χ0v) is 25.2. The molecule has 1 fully saturated rings. The SMILES string of the molecule is C=C(/C=C\C(=C/C)OCCCCN1CCN(c2cccc(Cl)c2Cl)CC1)CCC(=O)NC(OC(C)=O)C(C)C. The zero-order chi connectivity index (χ0) is 28.8. The summed E-state index contributed by atoms with van der Waals surface area (Å²) in [4.78, 5) is 28.2. The van der Waals surface area contributed by atoms with E-state index >= 15 is 0 Å². The first-order chi connectivity index (χ1) is 18.6. The quantitative estimate of drug-likeness (QED) is 0.0855. The number of allylic oxidation sites excluding steroid dienone is 4. The van der Waals surface area contributed by atoms with Crippen LogP contribution in [-0.4, -0.2) is 62.3 Å². The van der Waals surface area contributed by atoms with Gasteiger partial charge < -0.3 is 19.7 Å². The fraction of sp³-hybridized carbons (Fsp3) is 0.533. The Hall–Kier alpha value is -2.48. The van der Waals surface area contributed by atoms with Crippen molar-refractivity contribution in [2.45, 2.75) is 59.6 Å². The molecular weight excluding hydrogens is 537 g/mol. The van der Waals surface area contributed by atoms with Gasteiger partial charge in [0, 0.05) is 45.4 Å². The van der Waals surface area contributed by atoms with Crippen LogP contribution in [0.15, 0.2) is 54.3 Å². The lowest BCUT2D eigenvalue weighted by Gasteiger charge is -2.36. The Bertz CT molecular complexity index is 1020. The van der Waals surface area contributed by atoms with Crippen molar-refractivity contribution in [3.05, 3.63) is 64.4 Å². The second-order valence-electron chi connectivity index (χ2n) is 9.98. The van der Waals surface area contributed by atoms with Gasteiger partial charge in [-0.15, -0.1) is 0 Å². The Balaban J connectivity index is 1.62. The first-order valence-corrected chi connectivity index (χ1v) is 14.4. The van der Waals surface area contributed by atoms with Crippen LogP contribution >= 0.6 is 23.2 Å². The number of nitrogens with zero attached hydrogens (tertiary/aromatic N) is 2. The fourth-order valence-corrected chi connectivity index (χ4v) is 4.52. The molecule has 0 radical (unpaired) electrons. The average molecular weight is 581 g/mol. The van der Waals surface area contributed by atoms with Gasteiger partial charge in [0.1, 0.15) is 5.76 Å². The van der Waals surface area contributed by atoms with E-state index < -0.39 is 12.2 Å². The van der Waals surface area contributed by atoms with E-state index in [0.717, 1.165) is 62.6 Å². The summed E-state index contributed by atoms with van der Waals surface area (Å²) in [5.74, 6) is 0.169. The number of unbranched alkanes of at least 4 members (excludes halogenated alkanes) is 1. The third-order valence-electron chi connectivity index (χ3n) is 6.42. The molecule has 1 saturated heterocycles. The Morgan fingerprint density at radius 2 is 1.82 bits per heavy atom. The number of hydrogen-bond acceptors (Lipinski definition) is 6. The lowest BCUT2D eigenvalue weighted by atomic mass is 10.1. The van der Waals surface area contributed by atoms with Crippen LogP contribution in [0.3, 0.4) is 0 Å². The summed E-state index contributed by atoms with van der Waals surface area (Å²) in [6, 6.07) is 5.78. The summed E-state index contributed by atoms with van der Waals surface area (Å²) in [6.07, 6.45) is 7.84. The van der Waals surface area contributed by atoms with Crippen molar-refractivity contribution in [1.82, 2.24) is 10.2 Å². The van der Waals surface area contributed by atoms with Gasteiger partial charge in [0.25, 0.3) is 0 Å². The van der Waals surface area contributed by atoms with Gasteiger partial charge in [-0.2, -0.15) is 0 Å². The van der Waals surface area contributed by atoms with Crippen molar-refractivity contribution >= 4 is 40.8 Å². The molecule has 0 spiro atoms. The van der Waals surface area contributed by atoms with E-state index in [2.05, 4.69) is 21.7 Å². The van der Waals surface area contributed by atoms with Crippen LogP contribution in [0.4, 0.5) is 5.69 Å². The van der Waals surface area contributed by atoms with Crippen molar-refractivity contribution in [1.29, 1.82) is 0 Å². The van der Waals surface area contributed by atoms with E-state index in [-0.39, 0.29) is 18.2 Å². The van der Waals surface area contributed by atoms with Crippen molar-refractivity contribution in [2.75, 3.05) is 44.2 Å². The number of anilines is 1. The molecule has 0 aliphatic carbocycles. The van der Waals surface area contributed by atoms with Crippen LogP contribution in [0.25, 0.3) is 0 Å². The zero-order valence-electron chi connectivity index (χ0n) is 23.7. The van der Waals surface area contributed by atoms with Crippen LogP contribution < -0.4 is 10.2 Å². The minimum Gasteiger partial charge on any atom is -0.494 e.